The van der Waals surface area contributed by atoms with Crippen molar-refractivity contribution >= 4 is 11.4 Å². The summed E-state index contributed by atoms with van der Waals surface area (Å²) in [5.74, 6) is 0. The summed E-state index contributed by atoms with van der Waals surface area (Å²) in [7, 11) is 0. The van der Waals surface area contributed by atoms with E-state index in [1.165, 1.54) is 29.7 Å². The fraction of sp³-hybridized carbons (Fsp3) is 0.429. The number of aryl methyl sites for hydroxylation is 1. The zero-order chi connectivity index (χ0) is 16.6. The second-order valence-electron chi connectivity index (χ2n) is 6.68. The molecule has 1 saturated heterocycles. The molecule has 0 spiro atoms. The molecule has 0 bridgehead atoms. The molecule has 1 aliphatic rings. The van der Waals surface area contributed by atoms with Crippen LogP contribution in [-0.2, 0) is 12.8 Å². The highest BCUT2D eigenvalue weighted by Gasteiger charge is 2.14. The van der Waals surface area contributed by atoms with Crippen LogP contribution in [-0.4, -0.2) is 26.2 Å². The Kier molecular flexibility index (Phi) is 6.13. The lowest BCUT2D eigenvalue weighted by atomic mass is 10.1. The van der Waals surface area contributed by atoms with Crippen LogP contribution in [0.5, 0.6) is 0 Å². The first kappa shape index (κ1) is 16.8. The average molecular weight is 323 g/mol. The van der Waals surface area contributed by atoms with Crippen molar-refractivity contribution in [1.29, 1.82) is 0 Å². The van der Waals surface area contributed by atoms with Gasteiger partial charge < -0.3 is 16.0 Å². The summed E-state index contributed by atoms with van der Waals surface area (Å²) in [6.45, 7) is 4.39. The summed E-state index contributed by atoms with van der Waals surface area (Å²) >= 11 is 0. The molecule has 1 fully saturated rings. The van der Waals surface area contributed by atoms with Gasteiger partial charge in [0.25, 0.3) is 0 Å². The zero-order valence-electron chi connectivity index (χ0n) is 14.5. The lowest BCUT2D eigenvalue weighted by Gasteiger charge is -2.20. The highest BCUT2D eigenvalue weighted by molar-refractivity contribution is 5.68. The third kappa shape index (κ3) is 4.75. The van der Waals surface area contributed by atoms with Gasteiger partial charge in [-0.25, -0.2) is 0 Å². The van der Waals surface area contributed by atoms with Gasteiger partial charge in [-0.3, -0.25) is 0 Å². The van der Waals surface area contributed by atoms with Gasteiger partial charge in [-0.1, -0.05) is 36.4 Å². The van der Waals surface area contributed by atoms with Gasteiger partial charge >= 0.3 is 0 Å². The topological polar surface area (TPSA) is 41.3 Å². The monoisotopic (exact) mass is 323 g/mol. The first-order valence-corrected chi connectivity index (χ1v) is 9.21. The molecule has 2 aromatic carbocycles. The number of benzene rings is 2. The van der Waals surface area contributed by atoms with Crippen molar-refractivity contribution < 1.29 is 0 Å². The molecule has 3 nitrogen and oxygen atoms in total. The maximum atomic E-state index is 6.26. The molecule has 3 heteroatoms. The standard InChI is InChI=1S/C21H29N3/c22-20-17-19(10-11-21(20)24-15-4-5-16-24)9-6-13-23-14-12-18-7-2-1-3-8-18/h1-3,7-8,10-11,17,23H,4-6,9,12-16,22H2. The van der Waals surface area contributed by atoms with Gasteiger partial charge in [0.2, 0.25) is 0 Å². The summed E-state index contributed by atoms with van der Waals surface area (Å²) in [5, 5.41) is 3.54. The number of hydrogen-bond acceptors (Lipinski definition) is 3. The quantitative estimate of drug-likeness (QED) is 0.576. The number of nitrogen functional groups attached to an aromatic ring is 1. The molecule has 3 rings (SSSR count). The molecule has 128 valence electrons. The van der Waals surface area contributed by atoms with Crippen LogP contribution in [0.15, 0.2) is 48.5 Å². The highest BCUT2D eigenvalue weighted by Crippen LogP contribution is 2.27. The van der Waals surface area contributed by atoms with Gasteiger partial charge in [0.15, 0.2) is 0 Å². The largest absolute Gasteiger partial charge is 0.397 e. The molecule has 0 atom stereocenters. The predicted molar refractivity (Wildman–Crippen MR) is 104 cm³/mol. The van der Waals surface area contributed by atoms with Crippen LogP contribution in [0.3, 0.4) is 0 Å². The minimum atomic E-state index is 0.937. The third-order valence-electron chi connectivity index (χ3n) is 4.79. The molecule has 24 heavy (non-hydrogen) atoms. The summed E-state index contributed by atoms with van der Waals surface area (Å²) < 4.78 is 0. The van der Waals surface area contributed by atoms with E-state index in [0.29, 0.717) is 0 Å². The first-order valence-electron chi connectivity index (χ1n) is 9.21. The highest BCUT2D eigenvalue weighted by atomic mass is 15.1. The first-order chi connectivity index (χ1) is 11.8. The maximum Gasteiger partial charge on any atom is 0.0600 e. The van der Waals surface area contributed by atoms with Gasteiger partial charge in [0, 0.05) is 13.1 Å². The van der Waals surface area contributed by atoms with E-state index in [4.69, 9.17) is 5.73 Å². The van der Waals surface area contributed by atoms with E-state index in [1.807, 2.05) is 0 Å². The minimum Gasteiger partial charge on any atom is -0.397 e. The summed E-state index contributed by atoms with van der Waals surface area (Å²) in [4.78, 5) is 2.41. The fourth-order valence-electron chi connectivity index (χ4n) is 3.43. The van der Waals surface area contributed by atoms with Crippen LogP contribution < -0.4 is 16.0 Å². The van der Waals surface area contributed by atoms with Crippen LogP contribution in [0.4, 0.5) is 11.4 Å². The molecular weight excluding hydrogens is 294 g/mol. The summed E-state index contributed by atoms with van der Waals surface area (Å²) in [6.07, 6.45) is 5.91. The Morgan fingerprint density at radius 3 is 2.42 bits per heavy atom. The van der Waals surface area contributed by atoms with E-state index in [1.54, 1.807) is 0 Å². The van der Waals surface area contributed by atoms with Crippen molar-refractivity contribution in [3.8, 4) is 0 Å². The molecule has 2 aromatic rings. The van der Waals surface area contributed by atoms with Gasteiger partial charge in [-0.15, -0.1) is 0 Å². The molecule has 1 aliphatic heterocycles. The lowest BCUT2D eigenvalue weighted by Crippen LogP contribution is -2.19. The maximum absolute atomic E-state index is 6.26. The van der Waals surface area contributed by atoms with Crippen LogP contribution in [0.2, 0.25) is 0 Å². The van der Waals surface area contributed by atoms with Crippen LogP contribution in [0, 0.1) is 0 Å². The van der Waals surface area contributed by atoms with Crippen LogP contribution in [0.1, 0.15) is 30.4 Å². The number of rotatable bonds is 8. The predicted octanol–water partition coefficient (Wildman–Crippen LogP) is 3.63. The van der Waals surface area contributed by atoms with Crippen molar-refractivity contribution in [2.24, 2.45) is 0 Å². The normalized spacial score (nSPS) is 14.2. The van der Waals surface area contributed by atoms with Gasteiger partial charge in [0.05, 0.1) is 11.4 Å². The Bertz CT molecular complexity index is 618. The zero-order valence-corrected chi connectivity index (χ0v) is 14.5. The number of nitrogens with zero attached hydrogens (tertiary/aromatic N) is 1. The number of hydrogen-bond donors (Lipinski definition) is 2. The molecule has 0 aliphatic carbocycles. The number of anilines is 2. The van der Waals surface area contributed by atoms with E-state index < -0.39 is 0 Å². The van der Waals surface area contributed by atoms with Gasteiger partial charge in [-0.05, 0) is 68.5 Å². The van der Waals surface area contributed by atoms with E-state index in [-0.39, 0.29) is 0 Å². The molecule has 0 saturated carbocycles. The smallest absolute Gasteiger partial charge is 0.0600 e. The third-order valence-corrected chi connectivity index (χ3v) is 4.79. The number of nitrogens with two attached hydrogens (primary N) is 1. The summed E-state index contributed by atoms with van der Waals surface area (Å²) in [6, 6.07) is 17.3. The van der Waals surface area contributed by atoms with Crippen LogP contribution >= 0.6 is 0 Å². The molecule has 3 N–H and O–H groups in total. The Morgan fingerprint density at radius 1 is 0.875 bits per heavy atom. The fourth-order valence-corrected chi connectivity index (χ4v) is 3.43. The molecule has 0 amide bonds. The second kappa shape index (κ2) is 8.74. The second-order valence-corrected chi connectivity index (χ2v) is 6.68. The van der Waals surface area contributed by atoms with Crippen molar-refractivity contribution in [2.75, 3.05) is 36.8 Å². The minimum absolute atomic E-state index is 0.937. The molecule has 0 unspecified atom stereocenters. The lowest BCUT2D eigenvalue weighted by molar-refractivity contribution is 0.647. The molecule has 1 heterocycles. The average Bonchev–Trinajstić information content (AvgIpc) is 3.13. The van der Waals surface area contributed by atoms with Crippen LogP contribution in [0.25, 0.3) is 0 Å². The Morgan fingerprint density at radius 2 is 1.67 bits per heavy atom. The van der Waals surface area contributed by atoms with E-state index in [2.05, 4.69) is 58.7 Å². The summed E-state index contributed by atoms with van der Waals surface area (Å²) in [5.41, 5.74) is 11.2. The molecular formula is C21H29N3. The van der Waals surface area contributed by atoms with Gasteiger partial charge in [0.1, 0.15) is 0 Å². The van der Waals surface area contributed by atoms with E-state index in [0.717, 1.165) is 51.1 Å². The molecule has 0 radical (unpaired) electrons. The van der Waals surface area contributed by atoms with Crippen molar-refractivity contribution in [1.82, 2.24) is 5.32 Å². The van der Waals surface area contributed by atoms with Crippen molar-refractivity contribution in [3.63, 3.8) is 0 Å². The van der Waals surface area contributed by atoms with Crippen molar-refractivity contribution in [2.45, 2.75) is 32.1 Å². The van der Waals surface area contributed by atoms with Crippen molar-refractivity contribution in [3.05, 3.63) is 59.7 Å². The Hall–Kier alpha value is -2.00. The van der Waals surface area contributed by atoms with Gasteiger partial charge in [-0.2, -0.15) is 0 Å². The SMILES string of the molecule is Nc1cc(CCCNCCc2ccccc2)ccc1N1CCCC1. The van der Waals surface area contributed by atoms with E-state index >= 15 is 0 Å². The Labute approximate surface area is 145 Å². The van der Waals surface area contributed by atoms with E-state index in [9.17, 15) is 0 Å². The Balaban J connectivity index is 1.36. The number of nitrogens with one attached hydrogen (secondary N) is 1. The molecule has 0 aromatic heterocycles.